The molecule has 0 aliphatic heterocycles. The van der Waals surface area contributed by atoms with Crippen molar-refractivity contribution in [3.63, 3.8) is 0 Å². The van der Waals surface area contributed by atoms with Crippen LogP contribution in [0.1, 0.15) is 18.6 Å². The monoisotopic (exact) mass is 446 g/mol. The minimum atomic E-state index is -0.745. The normalized spacial score (nSPS) is 12.8. The molecule has 8 nitrogen and oxygen atoms in total. The lowest BCUT2D eigenvalue weighted by Crippen LogP contribution is -2.22. The number of hydroxylamine groups is 1. The lowest BCUT2D eigenvalue weighted by molar-refractivity contribution is -0.124. The number of amides is 2. The molecule has 2 rings (SSSR count). The van der Waals surface area contributed by atoms with Crippen LogP contribution in [-0.4, -0.2) is 41.8 Å². The predicted molar refractivity (Wildman–Crippen MR) is 118 cm³/mol. The van der Waals surface area contributed by atoms with Crippen LogP contribution in [0.15, 0.2) is 65.6 Å². The zero-order valence-corrected chi connectivity index (χ0v) is 18.1. The fourth-order valence-electron chi connectivity index (χ4n) is 2.74. The number of ether oxygens (including phenoxy) is 2. The maximum absolute atomic E-state index is 12.6. The molecule has 0 heterocycles. The lowest BCUT2D eigenvalue weighted by Gasteiger charge is -2.23. The summed E-state index contributed by atoms with van der Waals surface area (Å²) in [4.78, 5) is 25.0. The summed E-state index contributed by atoms with van der Waals surface area (Å²) in [6, 6.07) is 14.3. The largest absolute Gasteiger partial charge is 0.491 e. The maximum atomic E-state index is 12.6. The maximum Gasteiger partial charge on any atom is 0.412 e. The van der Waals surface area contributed by atoms with Gasteiger partial charge in [0.1, 0.15) is 18.5 Å². The average Bonchev–Trinajstić information content (AvgIpc) is 2.80. The van der Waals surface area contributed by atoms with Gasteiger partial charge in [-0.05, 0) is 48.2 Å². The van der Waals surface area contributed by atoms with Crippen LogP contribution in [0.4, 0.5) is 10.5 Å². The number of hydrogen-bond donors (Lipinski definition) is 4. The third-order valence-corrected chi connectivity index (χ3v) is 5.00. The van der Waals surface area contributed by atoms with E-state index in [0.29, 0.717) is 17.0 Å². The summed E-state index contributed by atoms with van der Waals surface area (Å²) in [5.74, 6) is -0.587. The van der Waals surface area contributed by atoms with Crippen molar-refractivity contribution in [1.29, 1.82) is 0 Å². The summed E-state index contributed by atoms with van der Waals surface area (Å²) in [5.41, 5.74) is 2.75. The highest BCUT2D eigenvalue weighted by Gasteiger charge is 2.23. The summed E-state index contributed by atoms with van der Waals surface area (Å²) >= 11 is 1.60. The van der Waals surface area contributed by atoms with E-state index in [-0.39, 0.29) is 13.2 Å². The minimum Gasteiger partial charge on any atom is -0.491 e. The number of anilines is 1. The molecule has 0 saturated heterocycles. The standard InChI is InChI=1S/C22H26N2O6S/c1-15(6-11-20(26)24-28)21(16-4-3-5-18(14-16)29-13-12-25)30-22(27)23-17-7-9-19(31-2)10-8-17/h3-11,14-15,21,25,28H,12-13H2,1-2H3,(H,23,27)(H,24,26)/b11-6+/t15-,21-/m0/s1. The summed E-state index contributed by atoms with van der Waals surface area (Å²) < 4.78 is 11.1. The SMILES string of the molecule is CSc1ccc(NC(=O)O[C@H](c2cccc(OCCO)c2)[C@@H](C)/C=C/C(=O)NO)cc1. The smallest absolute Gasteiger partial charge is 0.412 e. The second-order valence-electron chi connectivity index (χ2n) is 6.52. The molecule has 2 atom stereocenters. The van der Waals surface area contributed by atoms with Gasteiger partial charge in [0.2, 0.25) is 0 Å². The van der Waals surface area contributed by atoms with Gasteiger partial charge < -0.3 is 14.6 Å². The Balaban J connectivity index is 2.20. The van der Waals surface area contributed by atoms with Crippen LogP contribution < -0.4 is 15.5 Å². The minimum absolute atomic E-state index is 0.128. The van der Waals surface area contributed by atoms with Crippen molar-refractivity contribution in [2.45, 2.75) is 17.9 Å². The Hall–Kier alpha value is -3.01. The Bertz CT molecular complexity index is 888. The van der Waals surface area contributed by atoms with Crippen LogP contribution in [0, 0.1) is 5.92 Å². The number of hydrogen-bond acceptors (Lipinski definition) is 7. The quantitative estimate of drug-likeness (QED) is 0.190. The molecule has 2 aromatic rings. The highest BCUT2D eigenvalue weighted by Crippen LogP contribution is 2.30. The Morgan fingerprint density at radius 3 is 2.58 bits per heavy atom. The molecule has 0 fully saturated rings. The van der Waals surface area contributed by atoms with Crippen molar-refractivity contribution in [2.75, 3.05) is 24.8 Å². The first-order valence-electron chi connectivity index (χ1n) is 9.54. The van der Waals surface area contributed by atoms with E-state index in [1.165, 1.54) is 11.6 Å². The number of nitrogens with one attached hydrogen (secondary N) is 2. The van der Waals surface area contributed by atoms with E-state index in [2.05, 4.69) is 5.32 Å². The van der Waals surface area contributed by atoms with Gasteiger partial charge in [-0.1, -0.05) is 25.1 Å². The van der Waals surface area contributed by atoms with Crippen LogP contribution >= 0.6 is 11.8 Å². The number of thioether (sulfide) groups is 1. The van der Waals surface area contributed by atoms with Gasteiger partial charge in [0.05, 0.1) is 6.61 Å². The molecular weight excluding hydrogens is 420 g/mol. The van der Waals surface area contributed by atoms with E-state index in [0.717, 1.165) is 11.0 Å². The second-order valence-corrected chi connectivity index (χ2v) is 7.40. The Morgan fingerprint density at radius 1 is 1.19 bits per heavy atom. The Kier molecular flexibility index (Phi) is 9.89. The van der Waals surface area contributed by atoms with E-state index in [4.69, 9.17) is 19.8 Å². The molecule has 0 aliphatic carbocycles. The van der Waals surface area contributed by atoms with Gasteiger partial charge in [-0.25, -0.2) is 10.3 Å². The van der Waals surface area contributed by atoms with E-state index >= 15 is 0 Å². The highest BCUT2D eigenvalue weighted by atomic mass is 32.2. The fraction of sp³-hybridized carbons (Fsp3) is 0.273. The first kappa shape index (κ1) is 24.3. The van der Waals surface area contributed by atoms with Crippen molar-refractivity contribution in [1.82, 2.24) is 5.48 Å². The van der Waals surface area contributed by atoms with Gasteiger partial charge in [-0.3, -0.25) is 15.3 Å². The molecule has 0 saturated carbocycles. The van der Waals surface area contributed by atoms with Gasteiger partial charge in [-0.15, -0.1) is 11.8 Å². The highest BCUT2D eigenvalue weighted by molar-refractivity contribution is 7.98. The van der Waals surface area contributed by atoms with Crippen LogP contribution in [0.25, 0.3) is 0 Å². The van der Waals surface area contributed by atoms with Crippen molar-refractivity contribution in [3.8, 4) is 5.75 Å². The zero-order valence-electron chi connectivity index (χ0n) is 17.3. The van der Waals surface area contributed by atoms with E-state index in [1.54, 1.807) is 55.1 Å². The molecule has 2 amide bonds. The molecule has 9 heteroatoms. The average molecular weight is 447 g/mol. The molecule has 166 valence electrons. The molecular formula is C22H26N2O6S. The number of rotatable bonds is 10. The summed E-state index contributed by atoms with van der Waals surface area (Å²) in [6.45, 7) is 1.78. The van der Waals surface area contributed by atoms with E-state index in [1.807, 2.05) is 18.4 Å². The molecule has 0 aliphatic rings. The van der Waals surface area contributed by atoms with Crippen molar-refractivity contribution in [2.24, 2.45) is 5.92 Å². The lowest BCUT2D eigenvalue weighted by atomic mass is 9.96. The number of benzene rings is 2. The summed E-state index contributed by atoms with van der Waals surface area (Å²) in [7, 11) is 0. The van der Waals surface area contributed by atoms with Crippen molar-refractivity contribution in [3.05, 3.63) is 66.2 Å². The number of carbonyl (C=O) groups is 2. The zero-order chi connectivity index (χ0) is 22.6. The molecule has 0 aromatic heterocycles. The third-order valence-electron chi connectivity index (χ3n) is 4.26. The third kappa shape index (κ3) is 7.97. The van der Waals surface area contributed by atoms with Gasteiger partial charge in [0, 0.05) is 22.6 Å². The van der Waals surface area contributed by atoms with Crippen molar-refractivity contribution >= 4 is 29.4 Å². The van der Waals surface area contributed by atoms with Crippen LogP contribution in [0.3, 0.4) is 0 Å². The first-order valence-corrected chi connectivity index (χ1v) is 10.8. The Labute approximate surface area is 185 Å². The van der Waals surface area contributed by atoms with Gasteiger partial charge >= 0.3 is 6.09 Å². The Morgan fingerprint density at radius 2 is 1.94 bits per heavy atom. The topological polar surface area (TPSA) is 117 Å². The van der Waals surface area contributed by atoms with Gasteiger partial charge in [0.15, 0.2) is 0 Å². The number of carbonyl (C=O) groups excluding carboxylic acids is 2. The molecule has 0 bridgehead atoms. The number of aliphatic hydroxyl groups excluding tert-OH is 1. The van der Waals surface area contributed by atoms with Crippen molar-refractivity contribution < 1.29 is 29.4 Å². The predicted octanol–water partition coefficient (Wildman–Crippen LogP) is 3.77. The summed E-state index contributed by atoms with van der Waals surface area (Å²) in [5, 5.41) is 20.3. The van der Waals surface area contributed by atoms with Crippen LogP contribution in [-0.2, 0) is 9.53 Å². The van der Waals surface area contributed by atoms with Crippen LogP contribution in [0.5, 0.6) is 5.75 Å². The molecule has 0 unspecified atom stereocenters. The molecule has 4 N–H and O–H groups in total. The number of aliphatic hydroxyl groups is 1. The van der Waals surface area contributed by atoms with Crippen LogP contribution in [0.2, 0.25) is 0 Å². The first-order chi connectivity index (χ1) is 15.0. The van der Waals surface area contributed by atoms with Gasteiger partial charge in [0.25, 0.3) is 5.91 Å². The second kappa shape index (κ2) is 12.6. The summed E-state index contributed by atoms with van der Waals surface area (Å²) in [6.07, 6.45) is 3.25. The molecule has 0 radical (unpaired) electrons. The molecule has 2 aromatic carbocycles. The van der Waals surface area contributed by atoms with Gasteiger partial charge in [-0.2, -0.15) is 0 Å². The van der Waals surface area contributed by atoms with E-state index in [9.17, 15) is 9.59 Å². The van der Waals surface area contributed by atoms with E-state index < -0.39 is 24.0 Å². The fourth-order valence-corrected chi connectivity index (χ4v) is 3.15. The molecule has 0 spiro atoms. The molecule has 31 heavy (non-hydrogen) atoms.